The number of piperidine rings is 1. The van der Waals surface area contributed by atoms with Crippen LogP contribution in [0.5, 0.6) is 5.75 Å². The number of nitrogens with zero attached hydrogens (tertiary/aromatic N) is 2. The molecule has 1 N–H and O–H groups in total. The Morgan fingerprint density at radius 2 is 1.76 bits per heavy atom. The van der Waals surface area contributed by atoms with Crippen LogP contribution >= 0.6 is 0 Å². The van der Waals surface area contributed by atoms with Gasteiger partial charge in [0.25, 0.3) is 10.2 Å². The SMILES string of the molecule is COc1ccc([C@@H](CNS(=O)(=O)N(C)C(C)C)N2CCCCC2)cc1. The molecule has 0 spiro atoms. The molecule has 0 aliphatic carbocycles. The van der Waals surface area contributed by atoms with Crippen LogP contribution in [0.3, 0.4) is 0 Å². The first-order valence-corrected chi connectivity index (χ1v) is 10.4. The molecular weight excluding hydrogens is 338 g/mol. The number of ether oxygens (including phenoxy) is 1. The molecule has 0 unspecified atom stereocenters. The topological polar surface area (TPSA) is 61.9 Å². The summed E-state index contributed by atoms with van der Waals surface area (Å²) in [6, 6.07) is 7.87. The standard InChI is InChI=1S/C18H31N3O3S/c1-15(2)20(3)25(22,23)19-14-18(21-12-6-5-7-13-21)16-8-10-17(24-4)11-9-16/h8-11,15,18-19H,5-7,12-14H2,1-4H3/t18-/m1/s1. The number of benzene rings is 1. The van der Waals surface area contributed by atoms with Crippen molar-refractivity contribution in [2.75, 3.05) is 33.8 Å². The Hall–Kier alpha value is -1.15. The van der Waals surface area contributed by atoms with Gasteiger partial charge in [-0.1, -0.05) is 18.6 Å². The third-order valence-corrected chi connectivity index (χ3v) is 6.61. The Morgan fingerprint density at radius 3 is 2.28 bits per heavy atom. The molecule has 1 aromatic rings. The van der Waals surface area contributed by atoms with Gasteiger partial charge in [-0.2, -0.15) is 12.7 Å². The highest BCUT2D eigenvalue weighted by atomic mass is 32.2. The molecule has 1 aromatic carbocycles. The van der Waals surface area contributed by atoms with Crippen molar-refractivity contribution in [1.82, 2.24) is 13.9 Å². The van der Waals surface area contributed by atoms with E-state index < -0.39 is 10.2 Å². The zero-order valence-corrected chi connectivity index (χ0v) is 16.6. The van der Waals surface area contributed by atoms with E-state index in [2.05, 4.69) is 9.62 Å². The van der Waals surface area contributed by atoms with Gasteiger partial charge in [0.2, 0.25) is 0 Å². The van der Waals surface area contributed by atoms with Crippen molar-refractivity contribution in [2.45, 2.75) is 45.2 Å². The average molecular weight is 370 g/mol. The fourth-order valence-corrected chi connectivity index (χ4v) is 4.20. The Labute approximate surface area is 152 Å². The van der Waals surface area contributed by atoms with Crippen molar-refractivity contribution in [2.24, 2.45) is 0 Å². The monoisotopic (exact) mass is 369 g/mol. The molecule has 1 aliphatic heterocycles. The first kappa shape index (κ1) is 20.2. The molecule has 0 amide bonds. The van der Waals surface area contributed by atoms with E-state index in [1.165, 1.54) is 10.7 Å². The van der Waals surface area contributed by atoms with Gasteiger partial charge < -0.3 is 4.74 Å². The summed E-state index contributed by atoms with van der Waals surface area (Å²) in [5.74, 6) is 0.807. The predicted octanol–water partition coefficient (Wildman–Crippen LogP) is 2.40. The molecule has 25 heavy (non-hydrogen) atoms. The van der Waals surface area contributed by atoms with Crippen LogP contribution in [-0.4, -0.2) is 57.5 Å². The van der Waals surface area contributed by atoms with Crippen LogP contribution in [0.4, 0.5) is 0 Å². The van der Waals surface area contributed by atoms with Gasteiger partial charge in [0.15, 0.2) is 0 Å². The summed E-state index contributed by atoms with van der Waals surface area (Å²) in [5.41, 5.74) is 1.11. The van der Waals surface area contributed by atoms with Crippen LogP contribution in [0.25, 0.3) is 0 Å². The molecule has 0 saturated carbocycles. The number of nitrogens with one attached hydrogen (secondary N) is 1. The summed E-state index contributed by atoms with van der Waals surface area (Å²) in [5, 5.41) is 0. The molecule has 6 nitrogen and oxygen atoms in total. The van der Waals surface area contributed by atoms with Crippen LogP contribution < -0.4 is 9.46 Å². The maximum absolute atomic E-state index is 12.5. The van der Waals surface area contributed by atoms with Crippen molar-refractivity contribution >= 4 is 10.2 Å². The summed E-state index contributed by atoms with van der Waals surface area (Å²) in [7, 11) is -0.229. The van der Waals surface area contributed by atoms with E-state index in [0.717, 1.165) is 37.2 Å². The van der Waals surface area contributed by atoms with Gasteiger partial charge in [-0.05, 0) is 57.5 Å². The van der Waals surface area contributed by atoms with E-state index in [1.54, 1.807) is 14.2 Å². The second-order valence-corrected chi connectivity index (χ2v) is 8.66. The molecule has 0 aromatic heterocycles. The molecule has 1 saturated heterocycles. The minimum atomic E-state index is -3.48. The van der Waals surface area contributed by atoms with Gasteiger partial charge in [-0.15, -0.1) is 0 Å². The molecular formula is C18H31N3O3S. The number of hydrogen-bond donors (Lipinski definition) is 1. The lowest BCUT2D eigenvalue weighted by molar-refractivity contribution is 0.164. The molecule has 7 heteroatoms. The molecule has 1 fully saturated rings. The second-order valence-electron chi connectivity index (χ2n) is 6.85. The third-order valence-electron chi connectivity index (χ3n) is 4.90. The van der Waals surface area contributed by atoms with Crippen LogP contribution in [0.2, 0.25) is 0 Å². The normalized spacial score (nSPS) is 17.8. The molecule has 2 rings (SSSR count). The van der Waals surface area contributed by atoms with Gasteiger partial charge in [0.1, 0.15) is 5.75 Å². The number of likely N-dealkylation sites (tertiary alicyclic amines) is 1. The van der Waals surface area contributed by atoms with E-state index in [1.807, 2.05) is 38.1 Å². The Bertz CT molecular complexity index is 625. The maximum Gasteiger partial charge on any atom is 0.279 e. The number of methoxy groups -OCH3 is 1. The van der Waals surface area contributed by atoms with Gasteiger partial charge in [-0.25, -0.2) is 4.72 Å². The summed E-state index contributed by atoms with van der Waals surface area (Å²) in [6.45, 7) is 6.10. The van der Waals surface area contributed by atoms with Gasteiger partial charge in [0, 0.05) is 25.7 Å². The van der Waals surface area contributed by atoms with Crippen LogP contribution in [0.1, 0.15) is 44.7 Å². The zero-order valence-electron chi connectivity index (χ0n) is 15.7. The fraction of sp³-hybridized carbons (Fsp3) is 0.667. The van der Waals surface area contributed by atoms with Gasteiger partial charge in [0.05, 0.1) is 7.11 Å². The van der Waals surface area contributed by atoms with Gasteiger partial charge >= 0.3 is 0 Å². The van der Waals surface area contributed by atoms with Crippen LogP contribution in [0, 0.1) is 0 Å². The first-order chi connectivity index (χ1) is 11.8. The largest absolute Gasteiger partial charge is 0.497 e. The quantitative estimate of drug-likeness (QED) is 0.764. The van der Waals surface area contributed by atoms with E-state index in [-0.39, 0.29) is 12.1 Å². The highest BCUT2D eigenvalue weighted by molar-refractivity contribution is 7.87. The van der Waals surface area contributed by atoms with Crippen molar-refractivity contribution in [3.63, 3.8) is 0 Å². The molecule has 1 atom stereocenters. The van der Waals surface area contributed by atoms with E-state index in [4.69, 9.17) is 4.74 Å². The number of rotatable bonds is 8. The second kappa shape index (κ2) is 8.98. The predicted molar refractivity (Wildman–Crippen MR) is 101 cm³/mol. The highest BCUT2D eigenvalue weighted by Gasteiger charge is 2.26. The molecule has 142 valence electrons. The fourth-order valence-electron chi connectivity index (χ4n) is 3.08. The molecule has 1 aliphatic rings. The molecule has 1 heterocycles. The lowest BCUT2D eigenvalue weighted by atomic mass is 10.0. The third kappa shape index (κ3) is 5.41. The Balaban J connectivity index is 2.16. The average Bonchev–Trinajstić information content (AvgIpc) is 2.62. The smallest absolute Gasteiger partial charge is 0.279 e. The van der Waals surface area contributed by atoms with E-state index in [9.17, 15) is 8.42 Å². The first-order valence-electron chi connectivity index (χ1n) is 8.96. The van der Waals surface area contributed by atoms with Gasteiger partial charge in [-0.3, -0.25) is 4.90 Å². The zero-order chi connectivity index (χ0) is 18.4. The Morgan fingerprint density at radius 1 is 1.16 bits per heavy atom. The minimum Gasteiger partial charge on any atom is -0.497 e. The summed E-state index contributed by atoms with van der Waals surface area (Å²) in [6.07, 6.45) is 3.56. The summed E-state index contributed by atoms with van der Waals surface area (Å²) >= 11 is 0. The minimum absolute atomic E-state index is 0.0292. The maximum atomic E-state index is 12.5. The van der Waals surface area contributed by atoms with Crippen molar-refractivity contribution in [3.8, 4) is 5.75 Å². The van der Waals surface area contributed by atoms with Crippen LogP contribution in [-0.2, 0) is 10.2 Å². The van der Waals surface area contributed by atoms with E-state index in [0.29, 0.717) is 6.54 Å². The lowest BCUT2D eigenvalue weighted by Gasteiger charge is -2.35. The van der Waals surface area contributed by atoms with E-state index >= 15 is 0 Å². The Kier molecular flexibility index (Phi) is 7.25. The number of hydrogen-bond acceptors (Lipinski definition) is 4. The molecule has 0 radical (unpaired) electrons. The van der Waals surface area contributed by atoms with Crippen LogP contribution in [0.15, 0.2) is 24.3 Å². The van der Waals surface area contributed by atoms with Crippen molar-refractivity contribution in [3.05, 3.63) is 29.8 Å². The van der Waals surface area contributed by atoms with Crippen molar-refractivity contribution in [1.29, 1.82) is 0 Å². The summed E-state index contributed by atoms with van der Waals surface area (Å²) in [4.78, 5) is 2.38. The summed E-state index contributed by atoms with van der Waals surface area (Å²) < 4.78 is 34.3. The highest BCUT2D eigenvalue weighted by Crippen LogP contribution is 2.26. The lowest BCUT2D eigenvalue weighted by Crippen LogP contribution is -2.46. The molecule has 0 bridgehead atoms. The van der Waals surface area contributed by atoms with Crippen molar-refractivity contribution < 1.29 is 13.2 Å².